The third kappa shape index (κ3) is 3.33. The van der Waals surface area contributed by atoms with Crippen LogP contribution in [0, 0.1) is 0 Å². The first-order chi connectivity index (χ1) is 8.71. The van der Waals surface area contributed by atoms with Gasteiger partial charge in [0, 0.05) is 6.54 Å². The van der Waals surface area contributed by atoms with Gasteiger partial charge in [-0.15, -0.1) is 0 Å². The minimum absolute atomic E-state index is 0.137. The molecule has 1 unspecified atom stereocenters. The third-order valence-corrected chi connectivity index (χ3v) is 3.66. The highest BCUT2D eigenvalue weighted by molar-refractivity contribution is 5.85. The van der Waals surface area contributed by atoms with Crippen molar-refractivity contribution in [3.8, 4) is 0 Å². The van der Waals surface area contributed by atoms with E-state index >= 15 is 0 Å². The number of piperidine rings is 1. The maximum atomic E-state index is 12.1. The molecule has 1 aromatic carbocycles. The molecule has 0 spiro atoms. The maximum Gasteiger partial charge on any atom is 0.240 e. The van der Waals surface area contributed by atoms with Crippen molar-refractivity contribution in [2.24, 2.45) is 0 Å². The van der Waals surface area contributed by atoms with Gasteiger partial charge in [0.2, 0.25) is 5.91 Å². The minimum atomic E-state index is -0.366. The lowest BCUT2D eigenvalue weighted by atomic mass is 9.90. The lowest BCUT2D eigenvalue weighted by molar-refractivity contribution is -0.127. The van der Waals surface area contributed by atoms with Gasteiger partial charge in [-0.05, 0) is 44.7 Å². The summed E-state index contributed by atoms with van der Waals surface area (Å²) in [5.41, 5.74) is 0.897. The molecule has 3 heteroatoms. The summed E-state index contributed by atoms with van der Waals surface area (Å²) in [6.45, 7) is 3.66. The molecular weight excluding hydrogens is 224 g/mol. The normalized spacial score (nSPS) is 23.6. The van der Waals surface area contributed by atoms with Gasteiger partial charge in [-0.2, -0.15) is 0 Å². The number of hydrogen-bond donors (Lipinski definition) is 2. The van der Waals surface area contributed by atoms with E-state index in [0.29, 0.717) is 6.54 Å². The number of amides is 1. The van der Waals surface area contributed by atoms with E-state index in [1.54, 1.807) is 0 Å². The Labute approximate surface area is 109 Å². The van der Waals surface area contributed by atoms with Crippen LogP contribution in [-0.4, -0.2) is 24.5 Å². The topological polar surface area (TPSA) is 41.1 Å². The van der Waals surface area contributed by atoms with Crippen LogP contribution in [-0.2, 0) is 11.2 Å². The number of hydrogen-bond acceptors (Lipinski definition) is 2. The Hall–Kier alpha value is -1.35. The maximum absolute atomic E-state index is 12.1. The molecule has 0 radical (unpaired) electrons. The molecule has 98 valence electrons. The zero-order valence-electron chi connectivity index (χ0n) is 11.0. The second kappa shape index (κ2) is 6.01. The summed E-state index contributed by atoms with van der Waals surface area (Å²) in [7, 11) is 0. The summed E-state index contributed by atoms with van der Waals surface area (Å²) in [5.74, 6) is 0.137. The van der Waals surface area contributed by atoms with Gasteiger partial charge in [0.25, 0.3) is 0 Å². The molecule has 2 rings (SSSR count). The van der Waals surface area contributed by atoms with Crippen LogP contribution in [0.1, 0.15) is 31.7 Å². The molecule has 0 saturated carbocycles. The zero-order valence-corrected chi connectivity index (χ0v) is 11.0. The van der Waals surface area contributed by atoms with E-state index in [1.165, 1.54) is 12.0 Å². The average Bonchev–Trinajstić information content (AvgIpc) is 2.41. The van der Waals surface area contributed by atoms with Crippen molar-refractivity contribution < 1.29 is 4.79 Å². The first-order valence-corrected chi connectivity index (χ1v) is 6.78. The molecule has 1 saturated heterocycles. The van der Waals surface area contributed by atoms with Crippen LogP contribution in [0.15, 0.2) is 30.3 Å². The highest BCUT2D eigenvalue weighted by atomic mass is 16.2. The molecule has 1 aromatic rings. The number of rotatable bonds is 4. The number of carbonyl (C=O) groups is 1. The number of benzene rings is 1. The Morgan fingerprint density at radius 1 is 1.33 bits per heavy atom. The Morgan fingerprint density at radius 3 is 2.78 bits per heavy atom. The highest BCUT2D eigenvalue weighted by Crippen LogP contribution is 2.18. The van der Waals surface area contributed by atoms with Crippen LogP contribution in [0.25, 0.3) is 0 Å². The molecule has 0 aromatic heterocycles. The minimum Gasteiger partial charge on any atom is -0.354 e. The fourth-order valence-electron chi connectivity index (χ4n) is 2.41. The van der Waals surface area contributed by atoms with Crippen molar-refractivity contribution in [2.45, 2.75) is 38.1 Å². The summed E-state index contributed by atoms with van der Waals surface area (Å²) in [4.78, 5) is 12.1. The Bertz CT molecular complexity index is 383. The summed E-state index contributed by atoms with van der Waals surface area (Å²) < 4.78 is 0. The lowest BCUT2D eigenvalue weighted by Crippen LogP contribution is -2.57. The van der Waals surface area contributed by atoms with Crippen LogP contribution < -0.4 is 10.6 Å². The molecular formula is C15H22N2O. The summed E-state index contributed by atoms with van der Waals surface area (Å²) >= 11 is 0. The van der Waals surface area contributed by atoms with Crippen molar-refractivity contribution in [1.82, 2.24) is 10.6 Å². The van der Waals surface area contributed by atoms with Gasteiger partial charge in [0.15, 0.2) is 0 Å². The van der Waals surface area contributed by atoms with E-state index in [2.05, 4.69) is 22.8 Å². The van der Waals surface area contributed by atoms with Crippen LogP contribution in [0.2, 0.25) is 0 Å². The summed E-state index contributed by atoms with van der Waals surface area (Å²) in [6.07, 6.45) is 4.13. The first kappa shape index (κ1) is 13.1. The predicted molar refractivity (Wildman–Crippen MR) is 73.4 cm³/mol. The molecule has 2 N–H and O–H groups in total. The van der Waals surface area contributed by atoms with Gasteiger partial charge in [0.1, 0.15) is 0 Å². The monoisotopic (exact) mass is 246 g/mol. The van der Waals surface area contributed by atoms with Crippen molar-refractivity contribution in [3.05, 3.63) is 35.9 Å². The molecule has 0 bridgehead atoms. The molecule has 3 nitrogen and oxygen atoms in total. The molecule has 1 aliphatic heterocycles. The van der Waals surface area contributed by atoms with E-state index in [1.807, 2.05) is 25.1 Å². The number of carbonyl (C=O) groups excluding carboxylic acids is 1. The summed E-state index contributed by atoms with van der Waals surface area (Å²) in [6, 6.07) is 10.2. The first-order valence-electron chi connectivity index (χ1n) is 6.78. The van der Waals surface area contributed by atoms with Crippen molar-refractivity contribution >= 4 is 5.91 Å². The van der Waals surface area contributed by atoms with Gasteiger partial charge < -0.3 is 10.6 Å². The molecule has 1 fully saturated rings. The molecule has 1 aliphatic rings. The highest BCUT2D eigenvalue weighted by Gasteiger charge is 2.33. The quantitative estimate of drug-likeness (QED) is 0.851. The lowest BCUT2D eigenvalue weighted by Gasteiger charge is -2.33. The van der Waals surface area contributed by atoms with Crippen molar-refractivity contribution in [3.63, 3.8) is 0 Å². The van der Waals surface area contributed by atoms with Crippen molar-refractivity contribution in [2.75, 3.05) is 13.1 Å². The molecule has 1 amide bonds. The van der Waals surface area contributed by atoms with Gasteiger partial charge in [0.05, 0.1) is 5.54 Å². The third-order valence-electron chi connectivity index (χ3n) is 3.66. The van der Waals surface area contributed by atoms with Crippen molar-refractivity contribution in [1.29, 1.82) is 0 Å². The van der Waals surface area contributed by atoms with Crippen LogP contribution in [0.5, 0.6) is 0 Å². The Balaban J connectivity index is 1.78. The van der Waals surface area contributed by atoms with E-state index in [-0.39, 0.29) is 11.4 Å². The van der Waals surface area contributed by atoms with Gasteiger partial charge in [-0.1, -0.05) is 30.3 Å². The van der Waals surface area contributed by atoms with Gasteiger partial charge in [-0.3, -0.25) is 4.79 Å². The Morgan fingerprint density at radius 2 is 2.11 bits per heavy atom. The zero-order chi connectivity index (χ0) is 12.8. The van der Waals surface area contributed by atoms with Crippen LogP contribution in [0.3, 0.4) is 0 Å². The largest absolute Gasteiger partial charge is 0.354 e. The van der Waals surface area contributed by atoms with E-state index in [9.17, 15) is 4.79 Å². The average molecular weight is 246 g/mol. The standard InChI is InChI=1S/C15H22N2O/c1-15(10-5-6-11-17-15)14(18)16-12-9-13-7-3-2-4-8-13/h2-4,7-8,17H,5-6,9-12H2,1H3,(H,16,18). The molecule has 1 heterocycles. The second-order valence-corrected chi connectivity index (χ2v) is 5.21. The Kier molecular flexibility index (Phi) is 4.37. The SMILES string of the molecule is CC1(C(=O)NCCc2ccccc2)CCCCN1. The van der Waals surface area contributed by atoms with E-state index in [0.717, 1.165) is 25.8 Å². The fraction of sp³-hybridized carbons (Fsp3) is 0.533. The summed E-state index contributed by atoms with van der Waals surface area (Å²) in [5, 5.41) is 6.37. The predicted octanol–water partition coefficient (Wildman–Crippen LogP) is 1.88. The smallest absolute Gasteiger partial charge is 0.240 e. The van der Waals surface area contributed by atoms with E-state index < -0.39 is 0 Å². The molecule has 1 atom stereocenters. The second-order valence-electron chi connectivity index (χ2n) is 5.21. The fourth-order valence-corrected chi connectivity index (χ4v) is 2.41. The van der Waals surface area contributed by atoms with E-state index in [4.69, 9.17) is 0 Å². The molecule has 0 aliphatic carbocycles. The molecule has 18 heavy (non-hydrogen) atoms. The number of nitrogens with one attached hydrogen (secondary N) is 2. The van der Waals surface area contributed by atoms with Gasteiger partial charge >= 0.3 is 0 Å². The van der Waals surface area contributed by atoms with Crippen LogP contribution >= 0.6 is 0 Å². The van der Waals surface area contributed by atoms with Gasteiger partial charge in [-0.25, -0.2) is 0 Å². The van der Waals surface area contributed by atoms with Crippen LogP contribution in [0.4, 0.5) is 0 Å².